The largest absolute Gasteiger partial charge is 0.462 e. The number of nitrogens with one attached hydrogen (secondary N) is 1. The van der Waals surface area contributed by atoms with Gasteiger partial charge in [-0.3, -0.25) is 9.59 Å². The van der Waals surface area contributed by atoms with Crippen molar-refractivity contribution >= 4 is 11.9 Å². The van der Waals surface area contributed by atoms with Crippen molar-refractivity contribution in [3.05, 3.63) is 72.9 Å². The normalized spacial score (nSPS) is 13.8. The van der Waals surface area contributed by atoms with Gasteiger partial charge in [-0.2, -0.15) is 0 Å². The Hall–Kier alpha value is -2.70. The fourth-order valence-electron chi connectivity index (χ4n) is 7.69. The molecular weight excluding hydrogens is 767 g/mol. The Morgan fingerprint density at radius 3 is 1.35 bits per heavy atom. The number of carbonyl (C=O) groups is 2. The molecule has 358 valence electrons. The van der Waals surface area contributed by atoms with Crippen molar-refractivity contribution in [1.29, 1.82) is 0 Å². The van der Waals surface area contributed by atoms with E-state index >= 15 is 0 Å². The first-order valence-electron chi connectivity index (χ1n) is 26.2. The van der Waals surface area contributed by atoms with E-state index in [1.54, 1.807) is 0 Å². The highest BCUT2D eigenvalue weighted by molar-refractivity contribution is 5.77. The summed E-state index contributed by atoms with van der Waals surface area (Å²) in [6.45, 7) is 6.32. The average Bonchev–Trinajstić information content (AvgIpc) is 3.26. The van der Waals surface area contributed by atoms with Crippen LogP contribution in [0.25, 0.3) is 0 Å². The molecule has 6 nitrogen and oxygen atoms in total. The second kappa shape index (κ2) is 49.3. The van der Waals surface area contributed by atoms with E-state index in [-0.39, 0.29) is 24.9 Å². The molecule has 0 fully saturated rings. The number of unbranched alkanes of at least 4 members (excludes halogenated alkanes) is 26. The second-order valence-corrected chi connectivity index (χ2v) is 17.7. The van der Waals surface area contributed by atoms with Crippen LogP contribution in [0.5, 0.6) is 0 Å². The molecule has 0 radical (unpaired) electrons. The van der Waals surface area contributed by atoms with Crippen molar-refractivity contribution in [3.8, 4) is 0 Å². The molecule has 0 aliphatic carbocycles. The quantitative estimate of drug-likeness (QED) is 0.0245. The van der Waals surface area contributed by atoms with Gasteiger partial charge < -0.3 is 20.3 Å². The van der Waals surface area contributed by atoms with Crippen LogP contribution < -0.4 is 5.32 Å². The van der Waals surface area contributed by atoms with Crippen LogP contribution in [-0.4, -0.2) is 46.9 Å². The maximum Gasteiger partial charge on any atom is 0.306 e. The molecule has 1 amide bonds. The zero-order valence-electron chi connectivity index (χ0n) is 40.7. The summed E-state index contributed by atoms with van der Waals surface area (Å²) < 4.78 is 5.89. The highest BCUT2D eigenvalue weighted by atomic mass is 16.5. The first-order valence-corrected chi connectivity index (χ1v) is 26.2. The standard InChI is InChI=1S/C56H99NO5/c1-4-7-10-13-16-19-22-25-27-30-32-35-38-41-44-47-52(62-56(61)49-46-43-40-37-34-29-24-21-18-15-12-9-6-3)50-55(60)57-53(51-58)54(59)48-45-42-39-36-33-31-28-26-23-20-17-14-11-8-5-2/h9,12,15,18,21,24-25,27,29,34,37,40,52-54,58-59H,4-8,10-11,13-14,16-17,19-20,22-23,26,28,30-33,35-36,38-39,41-51H2,1-3H3,(H,57,60)/b12-9+,18-15+,24-21-,27-25+,34-29-,40-37+. The average molecular weight is 866 g/mol. The molecular formula is C56H99NO5. The summed E-state index contributed by atoms with van der Waals surface area (Å²) in [4.78, 5) is 26.1. The molecule has 0 aliphatic rings. The van der Waals surface area contributed by atoms with Gasteiger partial charge in [0.1, 0.15) is 6.10 Å². The number of amides is 1. The van der Waals surface area contributed by atoms with Gasteiger partial charge in [0, 0.05) is 6.42 Å². The topological polar surface area (TPSA) is 95.9 Å². The fourth-order valence-corrected chi connectivity index (χ4v) is 7.69. The van der Waals surface area contributed by atoms with E-state index < -0.39 is 18.2 Å². The number of hydrogen-bond acceptors (Lipinski definition) is 5. The van der Waals surface area contributed by atoms with Gasteiger partial charge in [-0.25, -0.2) is 0 Å². The lowest BCUT2D eigenvalue weighted by Crippen LogP contribution is -2.46. The number of rotatable bonds is 46. The van der Waals surface area contributed by atoms with Gasteiger partial charge >= 0.3 is 5.97 Å². The number of ether oxygens (including phenoxy) is 1. The maximum atomic E-state index is 13.2. The summed E-state index contributed by atoms with van der Waals surface area (Å²) in [5.74, 6) is -0.569. The predicted octanol–water partition coefficient (Wildman–Crippen LogP) is 15.8. The van der Waals surface area contributed by atoms with Gasteiger partial charge in [0.15, 0.2) is 0 Å². The first kappa shape index (κ1) is 59.3. The number of hydrogen-bond donors (Lipinski definition) is 3. The van der Waals surface area contributed by atoms with Crippen LogP contribution in [0.2, 0.25) is 0 Å². The smallest absolute Gasteiger partial charge is 0.306 e. The molecule has 0 rings (SSSR count). The van der Waals surface area contributed by atoms with Crippen LogP contribution in [0.1, 0.15) is 245 Å². The van der Waals surface area contributed by atoms with Crippen LogP contribution in [-0.2, 0) is 14.3 Å². The van der Waals surface area contributed by atoms with E-state index in [2.05, 4.69) is 44.3 Å². The monoisotopic (exact) mass is 866 g/mol. The summed E-state index contributed by atoms with van der Waals surface area (Å²) in [5.41, 5.74) is 0. The first-order chi connectivity index (χ1) is 30.5. The minimum absolute atomic E-state index is 0.0413. The number of aliphatic hydroxyl groups excluding tert-OH is 2. The van der Waals surface area contributed by atoms with E-state index in [1.807, 2.05) is 54.7 Å². The lowest BCUT2D eigenvalue weighted by atomic mass is 10.0. The van der Waals surface area contributed by atoms with Crippen molar-refractivity contribution in [2.75, 3.05) is 6.61 Å². The number of esters is 1. The van der Waals surface area contributed by atoms with Crippen LogP contribution in [0.3, 0.4) is 0 Å². The van der Waals surface area contributed by atoms with E-state index in [0.717, 1.165) is 57.8 Å². The van der Waals surface area contributed by atoms with Crippen LogP contribution in [0.15, 0.2) is 72.9 Å². The summed E-state index contributed by atoms with van der Waals surface area (Å²) in [6.07, 6.45) is 62.5. The summed E-state index contributed by atoms with van der Waals surface area (Å²) in [5, 5.41) is 23.8. The van der Waals surface area contributed by atoms with Gasteiger partial charge in [0.05, 0.1) is 25.2 Å². The molecule has 6 heteroatoms. The molecule has 0 aromatic rings. The zero-order valence-corrected chi connectivity index (χ0v) is 40.7. The molecule has 62 heavy (non-hydrogen) atoms. The zero-order chi connectivity index (χ0) is 45.2. The van der Waals surface area contributed by atoms with Gasteiger partial charge in [0.25, 0.3) is 0 Å². The fraction of sp³-hybridized carbons (Fsp3) is 0.750. The Kier molecular flexibility index (Phi) is 47.2. The highest BCUT2D eigenvalue weighted by Gasteiger charge is 2.24. The maximum absolute atomic E-state index is 13.2. The van der Waals surface area contributed by atoms with Crippen LogP contribution in [0, 0.1) is 0 Å². The van der Waals surface area contributed by atoms with Crippen molar-refractivity contribution in [3.63, 3.8) is 0 Å². The third kappa shape index (κ3) is 43.9. The second-order valence-electron chi connectivity index (χ2n) is 17.7. The molecule has 0 aliphatic heterocycles. The van der Waals surface area contributed by atoms with E-state index in [4.69, 9.17) is 4.74 Å². The SMILES string of the molecule is CC/C=C/C=C/C=C\C=C/C=C/CCCC(=O)OC(CCCCCCC/C=C/CCCCCCCC)CC(=O)NC(CO)C(O)CCCCCCCCCCCCCCCCC. The Labute approximate surface area is 383 Å². The molecule has 3 N–H and O–H groups in total. The van der Waals surface area contributed by atoms with E-state index in [0.29, 0.717) is 25.7 Å². The predicted molar refractivity (Wildman–Crippen MR) is 268 cm³/mol. The highest BCUT2D eigenvalue weighted by Crippen LogP contribution is 2.17. The molecule has 3 unspecified atom stereocenters. The summed E-state index contributed by atoms with van der Waals surface area (Å²) >= 11 is 0. The Morgan fingerprint density at radius 1 is 0.484 bits per heavy atom. The molecule has 3 atom stereocenters. The third-order valence-corrected chi connectivity index (χ3v) is 11.6. The molecule has 0 saturated carbocycles. The van der Waals surface area contributed by atoms with Gasteiger partial charge in [-0.05, 0) is 64.2 Å². The Bertz CT molecular complexity index is 1150. The van der Waals surface area contributed by atoms with Crippen molar-refractivity contribution in [2.45, 2.75) is 264 Å². The molecule has 0 bridgehead atoms. The third-order valence-electron chi connectivity index (χ3n) is 11.6. The van der Waals surface area contributed by atoms with Crippen LogP contribution >= 0.6 is 0 Å². The number of allylic oxidation sites excluding steroid dienone is 12. The molecule has 0 spiro atoms. The minimum atomic E-state index is -0.805. The van der Waals surface area contributed by atoms with E-state index in [9.17, 15) is 19.8 Å². The minimum Gasteiger partial charge on any atom is -0.462 e. The number of carbonyl (C=O) groups excluding carboxylic acids is 2. The summed E-state index contributed by atoms with van der Waals surface area (Å²) in [6, 6.07) is -0.721. The van der Waals surface area contributed by atoms with Crippen molar-refractivity contribution in [1.82, 2.24) is 5.32 Å². The Balaban J connectivity index is 4.67. The molecule has 0 saturated heterocycles. The molecule has 0 aromatic heterocycles. The van der Waals surface area contributed by atoms with Crippen molar-refractivity contribution < 1.29 is 24.5 Å². The van der Waals surface area contributed by atoms with Crippen LogP contribution in [0.4, 0.5) is 0 Å². The van der Waals surface area contributed by atoms with Crippen molar-refractivity contribution in [2.24, 2.45) is 0 Å². The lowest BCUT2D eigenvalue weighted by molar-refractivity contribution is -0.151. The van der Waals surface area contributed by atoms with E-state index in [1.165, 1.54) is 135 Å². The van der Waals surface area contributed by atoms with Gasteiger partial charge in [-0.1, -0.05) is 241 Å². The Morgan fingerprint density at radius 2 is 0.887 bits per heavy atom. The van der Waals surface area contributed by atoms with Gasteiger partial charge in [0.2, 0.25) is 5.91 Å². The summed E-state index contributed by atoms with van der Waals surface area (Å²) in [7, 11) is 0. The van der Waals surface area contributed by atoms with Gasteiger partial charge in [-0.15, -0.1) is 0 Å². The molecule has 0 heterocycles. The molecule has 0 aromatic carbocycles. The number of aliphatic hydroxyl groups is 2. The lowest BCUT2D eigenvalue weighted by Gasteiger charge is -2.24.